The molecule has 1 aliphatic heterocycles. The monoisotopic (exact) mass is 317 g/mol. The van der Waals surface area contributed by atoms with Crippen molar-refractivity contribution in [2.45, 2.75) is 45.6 Å². The van der Waals surface area contributed by atoms with Gasteiger partial charge in [0.2, 0.25) is 11.8 Å². The Morgan fingerprint density at radius 1 is 1.30 bits per heavy atom. The van der Waals surface area contributed by atoms with Gasteiger partial charge in [-0.05, 0) is 36.8 Å². The fourth-order valence-corrected chi connectivity index (χ4v) is 2.93. The summed E-state index contributed by atoms with van der Waals surface area (Å²) in [4.78, 5) is 26.0. The topological polar surface area (TPSA) is 75.4 Å². The van der Waals surface area contributed by atoms with Crippen LogP contribution in [0.5, 0.6) is 0 Å². The summed E-state index contributed by atoms with van der Waals surface area (Å²) in [6.45, 7) is 5.33. The molecule has 0 bridgehead atoms. The van der Waals surface area contributed by atoms with Gasteiger partial charge in [0.05, 0.1) is 6.04 Å². The fourth-order valence-electron chi connectivity index (χ4n) is 2.93. The van der Waals surface area contributed by atoms with Gasteiger partial charge in [0.25, 0.3) is 0 Å². The van der Waals surface area contributed by atoms with E-state index >= 15 is 0 Å². The maximum atomic E-state index is 12.3. The molecule has 2 amide bonds. The lowest BCUT2D eigenvalue weighted by Crippen LogP contribution is -2.42. The third kappa shape index (κ3) is 4.79. The lowest BCUT2D eigenvalue weighted by molar-refractivity contribution is -0.123. The molecule has 0 unspecified atom stereocenters. The Morgan fingerprint density at radius 3 is 2.78 bits per heavy atom. The van der Waals surface area contributed by atoms with Crippen LogP contribution in [-0.4, -0.2) is 30.9 Å². The first-order chi connectivity index (χ1) is 11.0. The molecule has 23 heavy (non-hydrogen) atoms. The second-order valence-electron chi connectivity index (χ2n) is 6.55. The third-order valence-electron chi connectivity index (χ3n) is 4.12. The third-order valence-corrected chi connectivity index (χ3v) is 4.12. The Hall–Kier alpha value is -1.88. The van der Waals surface area contributed by atoms with Crippen molar-refractivity contribution in [3.8, 4) is 0 Å². The van der Waals surface area contributed by atoms with Crippen LogP contribution in [0.1, 0.15) is 38.7 Å². The van der Waals surface area contributed by atoms with Crippen molar-refractivity contribution in [1.82, 2.24) is 5.32 Å². The first-order valence-electron chi connectivity index (χ1n) is 8.40. The predicted octanol–water partition coefficient (Wildman–Crippen LogP) is 1.85. The number of benzene rings is 1. The summed E-state index contributed by atoms with van der Waals surface area (Å²) in [6.07, 6.45) is 2.67. The number of amides is 2. The molecule has 0 saturated carbocycles. The smallest absolute Gasteiger partial charge is 0.236 e. The fraction of sp³-hybridized carbons (Fsp3) is 0.556. The largest absolute Gasteiger partial charge is 0.355 e. The molecule has 0 radical (unpaired) electrons. The summed E-state index contributed by atoms with van der Waals surface area (Å²) in [6, 6.07) is 7.56. The van der Waals surface area contributed by atoms with Crippen LogP contribution in [0.15, 0.2) is 24.3 Å². The van der Waals surface area contributed by atoms with Gasteiger partial charge in [0.1, 0.15) is 0 Å². The normalized spacial score (nSPS) is 14.7. The van der Waals surface area contributed by atoms with Crippen LogP contribution in [0.25, 0.3) is 0 Å². The molecule has 1 aromatic rings. The van der Waals surface area contributed by atoms with E-state index in [2.05, 4.69) is 11.4 Å². The quantitative estimate of drug-likeness (QED) is 0.754. The lowest BCUT2D eigenvalue weighted by Gasteiger charge is -2.18. The van der Waals surface area contributed by atoms with E-state index in [0.29, 0.717) is 31.7 Å². The van der Waals surface area contributed by atoms with E-state index in [1.807, 2.05) is 36.9 Å². The Labute approximate surface area is 138 Å². The SMILES string of the molecule is CC(C)C[C@H](N)C(=O)NCCCC(=O)N1CCc2ccccc21. The molecule has 0 fully saturated rings. The van der Waals surface area contributed by atoms with Gasteiger partial charge in [-0.15, -0.1) is 0 Å². The maximum absolute atomic E-state index is 12.3. The van der Waals surface area contributed by atoms with Crippen LogP contribution in [0.3, 0.4) is 0 Å². The van der Waals surface area contributed by atoms with Gasteiger partial charge in [0.15, 0.2) is 0 Å². The molecule has 0 aliphatic carbocycles. The number of nitrogens with one attached hydrogen (secondary N) is 1. The van der Waals surface area contributed by atoms with Crippen molar-refractivity contribution < 1.29 is 9.59 Å². The second-order valence-corrected chi connectivity index (χ2v) is 6.55. The molecule has 0 spiro atoms. The minimum absolute atomic E-state index is 0.121. The summed E-state index contributed by atoms with van der Waals surface area (Å²) in [7, 11) is 0. The molecule has 2 rings (SSSR count). The lowest BCUT2D eigenvalue weighted by atomic mass is 10.0. The highest BCUT2D eigenvalue weighted by Gasteiger charge is 2.23. The molecular weight excluding hydrogens is 290 g/mol. The Morgan fingerprint density at radius 2 is 2.04 bits per heavy atom. The van der Waals surface area contributed by atoms with Gasteiger partial charge in [-0.25, -0.2) is 0 Å². The molecule has 5 heteroatoms. The summed E-state index contributed by atoms with van der Waals surface area (Å²) in [5.41, 5.74) is 8.08. The molecule has 1 atom stereocenters. The Bertz CT molecular complexity index is 557. The first kappa shape index (κ1) is 17.5. The zero-order valence-corrected chi connectivity index (χ0v) is 14.0. The molecule has 1 aromatic carbocycles. The standard InChI is InChI=1S/C18H27N3O2/c1-13(2)12-15(19)18(23)20-10-5-8-17(22)21-11-9-14-6-3-4-7-16(14)21/h3-4,6-7,13,15H,5,8-12,19H2,1-2H3,(H,20,23)/t15-/m0/s1. The summed E-state index contributed by atoms with van der Waals surface area (Å²) in [5.74, 6) is 0.390. The summed E-state index contributed by atoms with van der Waals surface area (Å²) in [5, 5.41) is 2.82. The number of hydrogen-bond acceptors (Lipinski definition) is 3. The second kappa shape index (κ2) is 8.11. The molecule has 0 saturated heterocycles. The van der Waals surface area contributed by atoms with Crippen molar-refractivity contribution >= 4 is 17.5 Å². The number of nitrogens with zero attached hydrogens (tertiary/aromatic N) is 1. The van der Waals surface area contributed by atoms with Crippen LogP contribution in [0, 0.1) is 5.92 Å². The van der Waals surface area contributed by atoms with Crippen molar-refractivity contribution in [2.75, 3.05) is 18.0 Å². The number of para-hydroxylation sites is 1. The van der Waals surface area contributed by atoms with Gasteiger partial charge < -0.3 is 16.0 Å². The molecule has 3 N–H and O–H groups in total. The minimum Gasteiger partial charge on any atom is -0.355 e. The van der Waals surface area contributed by atoms with E-state index in [9.17, 15) is 9.59 Å². The molecule has 5 nitrogen and oxygen atoms in total. The van der Waals surface area contributed by atoms with Crippen molar-refractivity contribution in [2.24, 2.45) is 11.7 Å². The van der Waals surface area contributed by atoms with Crippen molar-refractivity contribution in [1.29, 1.82) is 0 Å². The maximum Gasteiger partial charge on any atom is 0.236 e. The van der Waals surface area contributed by atoms with E-state index in [0.717, 1.165) is 18.7 Å². The zero-order chi connectivity index (χ0) is 16.8. The number of hydrogen-bond donors (Lipinski definition) is 2. The number of rotatable bonds is 7. The van der Waals surface area contributed by atoms with Gasteiger partial charge in [-0.3, -0.25) is 9.59 Å². The highest BCUT2D eigenvalue weighted by atomic mass is 16.2. The van der Waals surface area contributed by atoms with E-state index in [-0.39, 0.29) is 11.8 Å². The molecule has 1 aliphatic rings. The van der Waals surface area contributed by atoms with Crippen LogP contribution in [-0.2, 0) is 16.0 Å². The number of nitrogens with two attached hydrogens (primary N) is 1. The molecule has 126 valence electrons. The van der Waals surface area contributed by atoms with Crippen molar-refractivity contribution in [3.05, 3.63) is 29.8 Å². The van der Waals surface area contributed by atoms with E-state index in [1.54, 1.807) is 0 Å². The number of fused-ring (bicyclic) bond motifs is 1. The Kier molecular flexibility index (Phi) is 6.16. The van der Waals surface area contributed by atoms with Gasteiger partial charge in [0, 0.05) is 25.2 Å². The average Bonchev–Trinajstić information content (AvgIpc) is 2.94. The zero-order valence-electron chi connectivity index (χ0n) is 14.0. The first-order valence-corrected chi connectivity index (χ1v) is 8.40. The molecular formula is C18H27N3O2. The van der Waals surface area contributed by atoms with Crippen LogP contribution >= 0.6 is 0 Å². The minimum atomic E-state index is -0.462. The number of carbonyl (C=O) groups excluding carboxylic acids is 2. The van der Waals surface area contributed by atoms with Gasteiger partial charge >= 0.3 is 0 Å². The van der Waals surface area contributed by atoms with Crippen LogP contribution in [0.4, 0.5) is 5.69 Å². The highest BCUT2D eigenvalue weighted by Crippen LogP contribution is 2.27. The number of carbonyl (C=O) groups is 2. The number of anilines is 1. The van der Waals surface area contributed by atoms with Gasteiger partial charge in [-0.2, -0.15) is 0 Å². The van der Waals surface area contributed by atoms with Crippen molar-refractivity contribution in [3.63, 3.8) is 0 Å². The predicted molar refractivity (Wildman–Crippen MR) is 92.2 cm³/mol. The van der Waals surface area contributed by atoms with Crippen LogP contribution < -0.4 is 16.0 Å². The van der Waals surface area contributed by atoms with Gasteiger partial charge in [-0.1, -0.05) is 32.0 Å². The average molecular weight is 317 g/mol. The van der Waals surface area contributed by atoms with Crippen LogP contribution in [0.2, 0.25) is 0 Å². The van der Waals surface area contributed by atoms with E-state index < -0.39 is 6.04 Å². The molecule has 1 heterocycles. The highest BCUT2D eigenvalue weighted by molar-refractivity contribution is 5.95. The van der Waals surface area contributed by atoms with E-state index in [4.69, 9.17) is 5.73 Å². The molecule has 0 aromatic heterocycles. The Balaban J connectivity index is 1.71. The summed E-state index contributed by atoms with van der Waals surface area (Å²) >= 11 is 0. The van der Waals surface area contributed by atoms with E-state index in [1.165, 1.54) is 5.56 Å². The summed E-state index contributed by atoms with van der Waals surface area (Å²) < 4.78 is 0.